The highest BCUT2D eigenvalue weighted by molar-refractivity contribution is 7.91. The zero-order chi connectivity index (χ0) is 50.4. The predicted octanol–water partition coefficient (Wildman–Crippen LogP) is 7.31. The molecule has 374 valence electrons. The molecule has 1 saturated carbocycles. The predicted molar refractivity (Wildman–Crippen MR) is 263 cm³/mol. The van der Waals surface area contributed by atoms with Crippen LogP contribution in [-0.4, -0.2) is 113 Å². The number of likely N-dealkylation sites (N-methyl/N-ethyl adjacent to an activating group) is 1. The van der Waals surface area contributed by atoms with Crippen molar-refractivity contribution in [3.05, 3.63) is 112 Å². The summed E-state index contributed by atoms with van der Waals surface area (Å²) < 4.78 is 43.7. The number of alkyl halides is 1. The molecule has 0 spiro atoms. The summed E-state index contributed by atoms with van der Waals surface area (Å²) in [7, 11) is 0.603. The molecule has 0 heterocycles. The molecule has 0 saturated heterocycles. The number of aliphatic hydroxyl groups excluding tert-OH is 5. The van der Waals surface area contributed by atoms with Crippen molar-refractivity contribution in [2.24, 2.45) is 17.6 Å². The number of benzene rings is 3. The molecule has 4 aliphatic carbocycles. The normalized spacial score (nSPS) is 28.9. The Balaban J connectivity index is 0.953. The van der Waals surface area contributed by atoms with Crippen LogP contribution < -0.4 is 21.7 Å². The number of ketones is 2. The third kappa shape index (κ3) is 9.41. The van der Waals surface area contributed by atoms with E-state index in [1.165, 1.54) is 49.3 Å². The van der Waals surface area contributed by atoms with Crippen molar-refractivity contribution >= 4 is 40.9 Å². The maximum Gasteiger partial charge on any atom is 0.202 e. The summed E-state index contributed by atoms with van der Waals surface area (Å²) in [5, 5.41) is 84.1. The van der Waals surface area contributed by atoms with Crippen LogP contribution in [0.2, 0.25) is 0 Å². The molecule has 10 N–H and O–H groups in total. The van der Waals surface area contributed by atoms with E-state index in [1.54, 1.807) is 26.0 Å². The fourth-order valence-electron chi connectivity index (χ4n) is 11.8. The zero-order valence-corrected chi connectivity index (χ0v) is 40.9. The lowest BCUT2D eigenvalue weighted by Gasteiger charge is -2.54. The minimum Gasteiger partial charge on any atom is -0.508 e. The van der Waals surface area contributed by atoms with E-state index in [-0.39, 0.29) is 22.9 Å². The number of allylic oxidation sites excluding steroid dienone is 2. The van der Waals surface area contributed by atoms with Gasteiger partial charge in [-0.1, -0.05) is 45.1 Å². The van der Waals surface area contributed by atoms with Gasteiger partial charge < -0.3 is 46.8 Å². The molecule has 0 amide bonds. The first-order valence-corrected chi connectivity index (χ1v) is 26.1. The minimum absolute atomic E-state index is 0.0615. The van der Waals surface area contributed by atoms with Gasteiger partial charge in [-0.25, -0.2) is 13.2 Å². The number of carbonyl (C=O) groups excluding carboxylic acids is 2. The quantitative estimate of drug-likeness (QED) is 0.0202. The molecule has 69 heavy (non-hydrogen) atoms. The number of anilines is 1. The molecule has 3 aromatic carbocycles. The van der Waals surface area contributed by atoms with E-state index >= 15 is 4.39 Å². The maximum absolute atomic E-state index is 15.2. The number of aromatic hydroxyl groups is 1. The van der Waals surface area contributed by atoms with Gasteiger partial charge in [0.15, 0.2) is 11.4 Å². The van der Waals surface area contributed by atoms with E-state index in [0.29, 0.717) is 31.2 Å². The van der Waals surface area contributed by atoms with Crippen LogP contribution in [0.5, 0.6) is 5.75 Å². The fraction of sp³-hybridized carbons (Fsp3) is 0.509. The first-order chi connectivity index (χ1) is 32.5. The summed E-state index contributed by atoms with van der Waals surface area (Å²) in [5.41, 5.74) is 0.228. The Morgan fingerprint density at radius 3 is 1.90 bits per heavy atom. The van der Waals surface area contributed by atoms with Gasteiger partial charge in [0.2, 0.25) is 5.78 Å². The van der Waals surface area contributed by atoms with E-state index < -0.39 is 106 Å². The first kappa shape index (κ1) is 52.2. The van der Waals surface area contributed by atoms with Crippen molar-refractivity contribution in [1.82, 2.24) is 4.90 Å². The van der Waals surface area contributed by atoms with Crippen LogP contribution >= 0.6 is 7.26 Å². The molecular formula is C53H68F3N3O9P+. The number of carbonyl (C=O) groups is 2. The van der Waals surface area contributed by atoms with E-state index in [4.69, 9.17) is 5.73 Å². The summed E-state index contributed by atoms with van der Waals surface area (Å²) in [4.78, 5) is 29.2. The third-order valence-corrected chi connectivity index (χ3v) is 21.0. The Morgan fingerprint density at radius 2 is 1.38 bits per heavy atom. The average Bonchev–Trinajstić information content (AvgIpc) is 3.29. The van der Waals surface area contributed by atoms with Gasteiger partial charge >= 0.3 is 0 Å². The smallest absolute Gasteiger partial charge is 0.202 e. The molecule has 16 heteroatoms. The molecule has 3 aromatic rings. The highest BCUT2D eigenvalue weighted by Crippen LogP contribution is 2.70. The minimum atomic E-state index is -2.96. The molecule has 10 atom stereocenters. The molecule has 4 unspecified atom stereocenters. The van der Waals surface area contributed by atoms with Crippen molar-refractivity contribution in [3.63, 3.8) is 0 Å². The van der Waals surface area contributed by atoms with Crippen LogP contribution in [0.15, 0.2) is 89.7 Å². The number of aliphatic hydroxyl groups is 6. The van der Waals surface area contributed by atoms with Crippen molar-refractivity contribution in [1.29, 1.82) is 0 Å². The number of nitrogens with zero attached hydrogens (tertiary/aromatic N) is 1. The van der Waals surface area contributed by atoms with Gasteiger partial charge in [-0.2, -0.15) is 0 Å². The molecule has 0 aromatic heterocycles. The second-order valence-corrected chi connectivity index (χ2v) is 24.4. The summed E-state index contributed by atoms with van der Waals surface area (Å²) in [6.07, 6.45) is 8.20. The van der Waals surface area contributed by atoms with Crippen LogP contribution in [0.25, 0.3) is 5.76 Å². The van der Waals surface area contributed by atoms with Crippen LogP contribution in [0, 0.1) is 23.5 Å². The molecule has 12 nitrogen and oxygen atoms in total. The zero-order valence-electron chi connectivity index (χ0n) is 40.0. The molecule has 0 bridgehead atoms. The SMILES string of the molecule is C[C@H]1c2ccc(NC(O)CCCCCCCCCC[P+](c3ccc(F)cc3)(c3ccc(F)cc3)C3(C)C=CC(C)(F)CC3)c(O)c2C(O)=C2C(=O)[C@]3(O)C(O)=C(C(N)O)C(=O)[C@@H](N(C)C)[C@@H]3[C@@H](O)[C@@H]21. The Hall–Kier alpha value is -4.60. The number of phenolic OH excluding ortho intramolecular Hbond substituents is 1. The molecule has 0 aliphatic heterocycles. The van der Waals surface area contributed by atoms with E-state index in [9.17, 15) is 54.1 Å². The van der Waals surface area contributed by atoms with E-state index in [2.05, 4.69) is 12.2 Å². The largest absolute Gasteiger partial charge is 0.508 e. The van der Waals surface area contributed by atoms with Gasteiger partial charge in [-0.3, -0.25) is 14.5 Å². The lowest BCUT2D eigenvalue weighted by Crippen LogP contribution is -2.70. The van der Waals surface area contributed by atoms with Gasteiger partial charge in [0.25, 0.3) is 0 Å². The maximum atomic E-state index is 15.2. The number of Topliss-reactive ketones (excluding diaryl/α,β-unsaturated/α-hetero) is 2. The van der Waals surface area contributed by atoms with Crippen molar-refractivity contribution in [2.75, 3.05) is 25.6 Å². The van der Waals surface area contributed by atoms with Gasteiger partial charge in [0.1, 0.15) is 62.8 Å². The van der Waals surface area contributed by atoms with Crippen LogP contribution in [0.4, 0.5) is 18.9 Å². The molecule has 0 radical (unpaired) electrons. The summed E-state index contributed by atoms with van der Waals surface area (Å²) in [6.45, 7) is 5.42. The fourth-order valence-corrected chi connectivity index (χ4v) is 17.1. The number of nitrogens with two attached hydrogens (primary N) is 1. The number of phenols is 1. The number of hydrogen-bond donors (Lipinski definition) is 9. The Labute approximate surface area is 402 Å². The molecule has 4 aliphatic rings. The number of fused-ring (bicyclic) bond motifs is 3. The number of unbranched alkanes of at least 4 members (excludes halogenated alkanes) is 7. The van der Waals surface area contributed by atoms with E-state index in [1.807, 2.05) is 30.3 Å². The topological polar surface area (TPSA) is 217 Å². The van der Waals surface area contributed by atoms with Crippen LogP contribution in [0.1, 0.15) is 108 Å². The van der Waals surface area contributed by atoms with Crippen LogP contribution in [-0.2, 0) is 9.59 Å². The molecule has 1 fully saturated rings. The third-order valence-electron chi connectivity index (χ3n) is 15.6. The Bertz CT molecular complexity index is 2450. The second-order valence-electron chi connectivity index (χ2n) is 20.3. The van der Waals surface area contributed by atoms with Crippen molar-refractivity contribution < 1.29 is 58.5 Å². The van der Waals surface area contributed by atoms with Crippen molar-refractivity contribution in [3.8, 4) is 5.75 Å². The summed E-state index contributed by atoms with van der Waals surface area (Å²) in [6, 6.07) is 15.0. The monoisotopic (exact) mass is 978 g/mol. The van der Waals surface area contributed by atoms with Gasteiger partial charge in [0, 0.05) is 11.5 Å². The Morgan fingerprint density at radius 1 is 0.826 bits per heavy atom. The highest BCUT2D eigenvalue weighted by atomic mass is 31.2. The Kier molecular flexibility index (Phi) is 15.3. The van der Waals surface area contributed by atoms with Gasteiger partial charge in [-0.15, -0.1) is 0 Å². The second kappa shape index (κ2) is 20.3. The van der Waals surface area contributed by atoms with Crippen LogP contribution in [0.3, 0.4) is 0 Å². The van der Waals surface area contributed by atoms with Crippen molar-refractivity contribution in [2.45, 2.75) is 138 Å². The summed E-state index contributed by atoms with van der Waals surface area (Å²) >= 11 is 0. The highest BCUT2D eigenvalue weighted by Gasteiger charge is 2.68. The van der Waals surface area contributed by atoms with Gasteiger partial charge in [-0.05, 0) is 145 Å². The average molecular weight is 979 g/mol. The number of rotatable bonds is 18. The standard InChI is InChI=1S/C53H67F3N3O9P/c1-30-35-23-24-36(44(61)39(35)45(62)40-38(30)46(63)42-43(59(4)5)47(64)41(50(57)67)49(66)53(42,68)48(40)65)58-37(60)14-12-10-8-6-7-9-11-13-29-69(33-19-15-31(54)16-20-33,34-21-17-32(55)18-22-34)52(3)27-25-51(2,56)26-28-52/h15-25,27,30,37-38,42-43,46,50,58,60,63,67-68H,6-14,26,28-29,57H2,1-5H3,(H2-,61,62,64,65,66)/p+1/t30-,37?,38+,42+,43-,46-,50?,51?,52?,53-/m0/s1. The molecule has 7 rings (SSSR count). The molecular weight excluding hydrogens is 911 g/mol. The lowest BCUT2D eigenvalue weighted by atomic mass is 9.54. The summed E-state index contributed by atoms with van der Waals surface area (Å²) in [5.74, 6) is -8.74. The number of hydrogen-bond acceptors (Lipinski definition) is 12. The number of nitrogens with one attached hydrogen (secondary N) is 1. The van der Waals surface area contributed by atoms with E-state index in [0.717, 1.165) is 61.7 Å². The first-order valence-electron chi connectivity index (χ1n) is 24.1. The lowest BCUT2D eigenvalue weighted by molar-refractivity contribution is -0.170. The van der Waals surface area contributed by atoms with Gasteiger partial charge in [0.05, 0.1) is 48.3 Å². The number of halogens is 3.